The molecule has 2 aliphatic heterocycles. The van der Waals surface area contributed by atoms with Gasteiger partial charge in [-0.15, -0.1) is 0 Å². The van der Waals surface area contributed by atoms with Gasteiger partial charge in [0.1, 0.15) is 0 Å². The van der Waals surface area contributed by atoms with Gasteiger partial charge in [0, 0.05) is 32.0 Å². The zero-order valence-electron chi connectivity index (χ0n) is 22.2. The fourth-order valence-corrected chi connectivity index (χ4v) is 6.60. The second kappa shape index (κ2) is 9.41. The fraction of sp³-hybridized carbons (Fsp3) is 0.500. The van der Waals surface area contributed by atoms with Crippen molar-refractivity contribution < 1.29 is 22.5 Å². The van der Waals surface area contributed by atoms with Crippen LogP contribution >= 0.6 is 0 Å². The highest BCUT2D eigenvalue weighted by atomic mass is 19.4. The number of ether oxygens (including phenoxy) is 1. The maximum atomic E-state index is 14.2. The first kappa shape index (κ1) is 25.9. The third-order valence-corrected chi connectivity index (χ3v) is 8.27. The van der Waals surface area contributed by atoms with Crippen LogP contribution in [0.1, 0.15) is 43.4 Å². The highest BCUT2D eigenvalue weighted by molar-refractivity contribution is 5.58. The molecule has 1 unspecified atom stereocenters. The molecular formula is C28H32F3N6O2+. The van der Waals surface area contributed by atoms with Crippen molar-refractivity contribution in [3.05, 3.63) is 69.9 Å². The number of azo groups is 1. The van der Waals surface area contributed by atoms with E-state index in [-0.39, 0.29) is 23.2 Å². The summed E-state index contributed by atoms with van der Waals surface area (Å²) in [6.07, 6.45) is 1.60. The maximum absolute atomic E-state index is 14.2. The number of nitrogens with zero attached hydrogens (tertiary/aromatic N) is 6. The third kappa shape index (κ3) is 4.51. The predicted octanol–water partition coefficient (Wildman–Crippen LogP) is 4.46. The molecule has 6 rings (SSSR count). The molecule has 0 spiro atoms. The summed E-state index contributed by atoms with van der Waals surface area (Å²) in [4.78, 5) is 15.6. The number of pyridine rings is 1. The van der Waals surface area contributed by atoms with E-state index in [9.17, 15) is 18.0 Å². The Bertz CT molecular complexity index is 1530. The second-order valence-corrected chi connectivity index (χ2v) is 11.3. The van der Waals surface area contributed by atoms with Crippen LogP contribution in [0.2, 0.25) is 0 Å². The number of halogens is 3. The summed E-state index contributed by atoms with van der Waals surface area (Å²) in [7, 11) is 1.94. The summed E-state index contributed by atoms with van der Waals surface area (Å²) >= 11 is 0. The zero-order chi connectivity index (χ0) is 27.5. The van der Waals surface area contributed by atoms with Gasteiger partial charge in [0.2, 0.25) is 6.17 Å². The molecule has 8 nitrogen and oxygen atoms in total. The van der Waals surface area contributed by atoms with Gasteiger partial charge in [0.15, 0.2) is 0 Å². The summed E-state index contributed by atoms with van der Waals surface area (Å²) in [5.41, 5.74) is 0.174. The molecule has 3 aliphatic rings. The van der Waals surface area contributed by atoms with Crippen LogP contribution in [0.5, 0.6) is 0 Å². The largest absolute Gasteiger partial charge is 0.418 e. The molecule has 0 N–H and O–H groups in total. The smallest absolute Gasteiger partial charge is 0.376 e. The number of likely N-dealkylation sites (N-methyl/N-ethyl adjacent to an activating group) is 1. The van der Waals surface area contributed by atoms with E-state index in [0.717, 1.165) is 28.9 Å². The SMILES string of the molecule is CC1CC(c2cccc(-n3cc4c(C(F)(F)F)cc(CN5CCO[C@H](C)C5)cn4c3=O)c2)(C2N=NC=[N+]2C)C1. The molecule has 2 aromatic heterocycles. The molecule has 0 bridgehead atoms. The number of hydrogen-bond donors (Lipinski definition) is 0. The van der Waals surface area contributed by atoms with Crippen molar-refractivity contribution >= 4 is 11.9 Å². The van der Waals surface area contributed by atoms with E-state index in [1.54, 1.807) is 12.4 Å². The fourth-order valence-electron chi connectivity index (χ4n) is 6.60. The molecule has 11 heteroatoms. The average molecular weight is 542 g/mol. The molecule has 1 saturated carbocycles. The first-order valence-electron chi connectivity index (χ1n) is 13.3. The minimum atomic E-state index is -4.61. The van der Waals surface area contributed by atoms with Crippen molar-refractivity contribution in [2.75, 3.05) is 26.7 Å². The maximum Gasteiger partial charge on any atom is 0.418 e. The van der Waals surface area contributed by atoms with Crippen LogP contribution in [-0.2, 0) is 22.9 Å². The van der Waals surface area contributed by atoms with Crippen molar-refractivity contribution in [1.29, 1.82) is 0 Å². The molecule has 0 amide bonds. The first-order valence-corrected chi connectivity index (χ1v) is 13.3. The Hall–Kier alpha value is -3.31. The lowest BCUT2D eigenvalue weighted by Gasteiger charge is -2.47. The van der Waals surface area contributed by atoms with E-state index in [1.807, 2.05) is 36.7 Å². The van der Waals surface area contributed by atoms with E-state index >= 15 is 0 Å². The van der Waals surface area contributed by atoms with E-state index in [1.165, 1.54) is 17.0 Å². The van der Waals surface area contributed by atoms with E-state index in [0.29, 0.717) is 43.4 Å². The quantitative estimate of drug-likeness (QED) is 0.448. The molecule has 2 fully saturated rings. The van der Waals surface area contributed by atoms with E-state index in [4.69, 9.17) is 4.74 Å². The molecule has 1 aromatic carbocycles. The number of imidazole rings is 1. The minimum Gasteiger partial charge on any atom is -0.376 e. The van der Waals surface area contributed by atoms with E-state index in [2.05, 4.69) is 22.1 Å². The number of morpholine rings is 1. The Kier molecular flexibility index (Phi) is 6.26. The van der Waals surface area contributed by atoms with Gasteiger partial charge in [0.25, 0.3) is 0 Å². The molecule has 1 saturated heterocycles. The van der Waals surface area contributed by atoms with Crippen molar-refractivity contribution in [2.24, 2.45) is 16.1 Å². The Morgan fingerprint density at radius 1 is 1.18 bits per heavy atom. The van der Waals surface area contributed by atoms with Crippen LogP contribution in [0.4, 0.5) is 13.2 Å². The molecule has 1 aliphatic carbocycles. The normalized spacial score (nSPS) is 27.6. The van der Waals surface area contributed by atoms with Gasteiger partial charge >= 0.3 is 18.2 Å². The summed E-state index contributed by atoms with van der Waals surface area (Å²) < 4.78 is 52.6. The first-order chi connectivity index (χ1) is 18.5. The third-order valence-electron chi connectivity index (χ3n) is 8.27. The summed E-state index contributed by atoms with van der Waals surface area (Å²) in [6.45, 7) is 6.21. The average Bonchev–Trinajstić information content (AvgIpc) is 3.44. The summed E-state index contributed by atoms with van der Waals surface area (Å²) in [5, 5.41) is 8.57. The monoisotopic (exact) mass is 541 g/mol. The van der Waals surface area contributed by atoms with Crippen LogP contribution in [0.15, 0.2) is 57.7 Å². The number of benzene rings is 1. The molecule has 4 heterocycles. The van der Waals surface area contributed by atoms with Crippen LogP contribution < -0.4 is 5.69 Å². The molecule has 206 valence electrons. The molecule has 39 heavy (non-hydrogen) atoms. The molecular weight excluding hydrogens is 509 g/mol. The van der Waals surface area contributed by atoms with Crippen LogP contribution in [0, 0.1) is 5.92 Å². The number of fused-ring (bicyclic) bond motifs is 1. The van der Waals surface area contributed by atoms with Gasteiger partial charge in [-0.1, -0.05) is 19.1 Å². The minimum absolute atomic E-state index is 0.00554. The Balaban J connectivity index is 1.42. The van der Waals surface area contributed by atoms with Gasteiger partial charge < -0.3 is 4.74 Å². The van der Waals surface area contributed by atoms with Crippen LogP contribution in [0.25, 0.3) is 11.2 Å². The van der Waals surface area contributed by atoms with E-state index < -0.39 is 17.4 Å². The van der Waals surface area contributed by atoms with Gasteiger partial charge in [-0.25, -0.2) is 9.37 Å². The van der Waals surface area contributed by atoms with Gasteiger partial charge in [-0.3, -0.25) is 13.9 Å². The second-order valence-electron chi connectivity index (χ2n) is 11.3. The number of rotatable bonds is 5. The number of aromatic nitrogens is 2. The lowest BCUT2D eigenvalue weighted by atomic mass is 9.57. The highest BCUT2D eigenvalue weighted by Crippen LogP contribution is 2.52. The van der Waals surface area contributed by atoms with Crippen molar-refractivity contribution in [1.82, 2.24) is 13.9 Å². The lowest BCUT2D eigenvalue weighted by molar-refractivity contribution is -0.544. The molecule has 3 aromatic rings. The number of hydrogen-bond acceptors (Lipinski definition) is 5. The summed E-state index contributed by atoms with van der Waals surface area (Å²) in [6, 6.07) is 8.71. The van der Waals surface area contributed by atoms with Crippen molar-refractivity contribution in [3.8, 4) is 5.69 Å². The van der Waals surface area contributed by atoms with Gasteiger partial charge in [0.05, 0.1) is 47.1 Å². The summed E-state index contributed by atoms with van der Waals surface area (Å²) in [5.74, 6) is 0.514. The Morgan fingerprint density at radius 2 is 1.97 bits per heavy atom. The van der Waals surface area contributed by atoms with Crippen molar-refractivity contribution in [3.63, 3.8) is 0 Å². The molecule has 2 atom stereocenters. The standard InChI is InChI=1S/C28H32F3N6O2/c1-18-11-27(12-18,25-33-32-17-34(25)3)21-5-4-6-22(10-21)36-16-24-23(28(29,30)31)9-20(15-37(24)26(36)38)14-35-7-8-39-19(2)13-35/h4-6,9-10,15-19,25H,7-8,11-14H2,1-3H3/q+1/t18?,19-,25?,27?/m1/s1. The predicted molar refractivity (Wildman–Crippen MR) is 140 cm³/mol. The number of alkyl halides is 3. The van der Waals surface area contributed by atoms with Gasteiger partial charge in [-0.2, -0.15) is 13.2 Å². The van der Waals surface area contributed by atoms with Gasteiger partial charge in [-0.05, 0) is 60.1 Å². The van der Waals surface area contributed by atoms with Crippen LogP contribution in [-0.4, -0.2) is 63.8 Å². The Morgan fingerprint density at radius 3 is 2.64 bits per heavy atom. The lowest BCUT2D eigenvalue weighted by Crippen LogP contribution is -2.52. The zero-order valence-corrected chi connectivity index (χ0v) is 22.2. The molecule has 0 radical (unpaired) electrons. The highest BCUT2D eigenvalue weighted by Gasteiger charge is 2.54. The van der Waals surface area contributed by atoms with Crippen LogP contribution in [0.3, 0.4) is 0 Å². The topological polar surface area (TPSA) is 66.6 Å². The Labute approximate surface area is 224 Å². The van der Waals surface area contributed by atoms with Crippen molar-refractivity contribution in [2.45, 2.75) is 57.1 Å².